The molecule has 2 aromatic rings. The smallest absolute Gasteiger partial charge is 0.115 e. The standard InChI is InChI=1S/C14H15NO2S/c1-10-8-13(6-7-14(10)15)18(17)9-11-2-4-12(16)5-3-11/h2-8,16H,9,15H2,1H3. The van der Waals surface area contributed by atoms with Crippen LogP contribution in [0.1, 0.15) is 11.1 Å². The van der Waals surface area contributed by atoms with E-state index in [1.807, 2.05) is 13.0 Å². The minimum atomic E-state index is -1.10. The number of hydrogen-bond donors (Lipinski definition) is 2. The number of rotatable bonds is 3. The number of nitrogens with two attached hydrogens (primary N) is 1. The van der Waals surface area contributed by atoms with Crippen molar-refractivity contribution < 1.29 is 9.32 Å². The van der Waals surface area contributed by atoms with Crippen LogP contribution >= 0.6 is 0 Å². The van der Waals surface area contributed by atoms with Crippen LogP contribution in [0, 0.1) is 6.92 Å². The first kappa shape index (κ1) is 12.6. The van der Waals surface area contributed by atoms with Crippen LogP contribution in [0.25, 0.3) is 0 Å². The van der Waals surface area contributed by atoms with Gasteiger partial charge in [0.1, 0.15) is 5.75 Å². The lowest BCUT2D eigenvalue weighted by Crippen LogP contribution is -1.98. The van der Waals surface area contributed by atoms with E-state index in [-0.39, 0.29) is 5.75 Å². The molecule has 1 atom stereocenters. The van der Waals surface area contributed by atoms with Gasteiger partial charge in [-0.2, -0.15) is 0 Å². The number of aryl methyl sites for hydroxylation is 1. The fourth-order valence-electron chi connectivity index (χ4n) is 1.62. The molecule has 0 radical (unpaired) electrons. The summed E-state index contributed by atoms with van der Waals surface area (Å²) in [6.45, 7) is 1.90. The van der Waals surface area contributed by atoms with Crippen molar-refractivity contribution in [3.05, 3.63) is 53.6 Å². The topological polar surface area (TPSA) is 63.3 Å². The normalized spacial score (nSPS) is 12.3. The number of hydrogen-bond acceptors (Lipinski definition) is 3. The zero-order valence-electron chi connectivity index (χ0n) is 10.1. The molecule has 0 saturated heterocycles. The quantitative estimate of drug-likeness (QED) is 0.835. The van der Waals surface area contributed by atoms with Gasteiger partial charge in [-0.3, -0.25) is 4.21 Å². The Morgan fingerprint density at radius 1 is 1.17 bits per heavy atom. The molecular formula is C14H15NO2S. The Kier molecular flexibility index (Phi) is 3.67. The number of benzene rings is 2. The Bertz CT molecular complexity index is 579. The molecule has 0 amide bonds. The predicted octanol–water partition coefficient (Wildman–Crippen LogP) is 2.59. The molecule has 0 saturated carbocycles. The summed E-state index contributed by atoms with van der Waals surface area (Å²) in [5.74, 6) is 0.650. The van der Waals surface area contributed by atoms with E-state index in [0.29, 0.717) is 11.4 Å². The largest absolute Gasteiger partial charge is 0.508 e. The predicted molar refractivity (Wildman–Crippen MR) is 73.8 cm³/mol. The zero-order chi connectivity index (χ0) is 13.1. The fraction of sp³-hybridized carbons (Fsp3) is 0.143. The number of anilines is 1. The van der Waals surface area contributed by atoms with Gasteiger partial charge in [0.2, 0.25) is 0 Å². The summed E-state index contributed by atoms with van der Waals surface area (Å²) in [7, 11) is -1.10. The molecule has 2 aromatic carbocycles. The summed E-state index contributed by atoms with van der Waals surface area (Å²) in [4.78, 5) is 0.773. The number of phenols is 1. The second-order valence-corrected chi connectivity index (χ2v) is 5.63. The third kappa shape index (κ3) is 2.90. The first-order chi connectivity index (χ1) is 8.56. The monoisotopic (exact) mass is 261 g/mol. The molecule has 1 unspecified atom stereocenters. The third-order valence-electron chi connectivity index (χ3n) is 2.74. The van der Waals surface area contributed by atoms with Crippen LogP contribution < -0.4 is 5.73 Å². The van der Waals surface area contributed by atoms with Crippen LogP contribution in [0.2, 0.25) is 0 Å². The average molecular weight is 261 g/mol. The van der Waals surface area contributed by atoms with Gasteiger partial charge in [-0.15, -0.1) is 0 Å². The molecule has 0 spiro atoms. The highest BCUT2D eigenvalue weighted by Crippen LogP contribution is 2.19. The minimum absolute atomic E-state index is 0.216. The summed E-state index contributed by atoms with van der Waals surface area (Å²) in [6.07, 6.45) is 0. The number of nitrogen functional groups attached to an aromatic ring is 1. The Morgan fingerprint density at radius 2 is 1.83 bits per heavy atom. The molecule has 3 N–H and O–H groups in total. The van der Waals surface area contributed by atoms with Crippen molar-refractivity contribution in [2.75, 3.05) is 5.73 Å². The molecule has 2 rings (SSSR count). The maximum atomic E-state index is 12.2. The Hall–Kier alpha value is -1.81. The molecule has 0 aromatic heterocycles. The summed E-state index contributed by atoms with van der Waals surface area (Å²) in [6, 6.07) is 12.2. The molecular weight excluding hydrogens is 246 g/mol. The molecule has 94 valence electrons. The van der Waals surface area contributed by atoms with Crippen molar-refractivity contribution in [2.24, 2.45) is 0 Å². The Morgan fingerprint density at radius 3 is 2.44 bits per heavy atom. The van der Waals surface area contributed by atoms with E-state index in [4.69, 9.17) is 5.73 Å². The van der Waals surface area contributed by atoms with Gasteiger partial charge >= 0.3 is 0 Å². The van der Waals surface area contributed by atoms with E-state index >= 15 is 0 Å². The fourth-order valence-corrected chi connectivity index (χ4v) is 2.81. The molecule has 0 aliphatic rings. The van der Waals surface area contributed by atoms with Gasteiger partial charge in [0.05, 0.1) is 16.6 Å². The lowest BCUT2D eigenvalue weighted by molar-refractivity contribution is 0.475. The summed E-state index contributed by atoms with van der Waals surface area (Å²) in [5, 5.41) is 9.19. The highest BCUT2D eigenvalue weighted by atomic mass is 32.2. The molecule has 3 nitrogen and oxygen atoms in total. The summed E-state index contributed by atoms with van der Waals surface area (Å²) >= 11 is 0. The summed E-state index contributed by atoms with van der Waals surface area (Å²) in [5.41, 5.74) is 8.31. The van der Waals surface area contributed by atoms with Crippen LogP contribution in [0.4, 0.5) is 5.69 Å². The second-order valence-electron chi connectivity index (χ2n) is 4.17. The van der Waals surface area contributed by atoms with Gasteiger partial charge in [-0.25, -0.2) is 0 Å². The Balaban J connectivity index is 2.16. The van der Waals surface area contributed by atoms with Crippen molar-refractivity contribution in [1.82, 2.24) is 0 Å². The van der Waals surface area contributed by atoms with E-state index in [9.17, 15) is 9.32 Å². The molecule has 18 heavy (non-hydrogen) atoms. The first-order valence-electron chi connectivity index (χ1n) is 5.58. The van der Waals surface area contributed by atoms with E-state index in [1.54, 1.807) is 36.4 Å². The van der Waals surface area contributed by atoms with Crippen LogP contribution in [-0.2, 0) is 16.6 Å². The zero-order valence-corrected chi connectivity index (χ0v) is 10.9. The van der Waals surface area contributed by atoms with Crippen molar-refractivity contribution in [2.45, 2.75) is 17.6 Å². The van der Waals surface area contributed by atoms with E-state index in [1.165, 1.54) is 0 Å². The van der Waals surface area contributed by atoms with E-state index < -0.39 is 10.8 Å². The minimum Gasteiger partial charge on any atom is -0.508 e. The highest BCUT2D eigenvalue weighted by molar-refractivity contribution is 7.84. The molecule has 4 heteroatoms. The van der Waals surface area contributed by atoms with Crippen LogP contribution in [0.5, 0.6) is 5.75 Å². The highest BCUT2D eigenvalue weighted by Gasteiger charge is 2.06. The number of aromatic hydroxyl groups is 1. The van der Waals surface area contributed by atoms with Crippen LogP contribution in [-0.4, -0.2) is 9.32 Å². The molecule has 0 bridgehead atoms. The van der Waals surface area contributed by atoms with Gasteiger partial charge in [-0.1, -0.05) is 12.1 Å². The van der Waals surface area contributed by atoms with E-state index in [0.717, 1.165) is 16.0 Å². The van der Waals surface area contributed by atoms with Crippen molar-refractivity contribution in [1.29, 1.82) is 0 Å². The molecule has 0 aliphatic carbocycles. The molecule has 0 heterocycles. The SMILES string of the molecule is Cc1cc(S(=O)Cc2ccc(O)cc2)ccc1N. The second kappa shape index (κ2) is 5.23. The third-order valence-corrected chi connectivity index (χ3v) is 4.11. The average Bonchev–Trinajstić information content (AvgIpc) is 2.35. The van der Waals surface area contributed by atoms with Crippen molar-refractivity contribution in [3.63, 3.8) is 0 Å². The first-order valence-corrected chi connectivity index (χ1v) is 6.90. The lowest BCUT2D eigenvalue weighted by atomic mass is 10.2. The van der Waals surface area contributed by atoms with Gasteiger partial charge < -0.3 is 10.8 Å². The van der Waals surface area contributed by atoms with Gasteiger partial charge in [0.25, 0.3) is 0 Å². The summed E-state index contributed by atoms with van der Waals surface area (Å²) < 4.78 is 12.2. The van der Waals surface area contributed by atoms with Crippen molar-refractivity contribution >= 4 is 16.5 Å². The van der Waals surface area contributed by atoms with Gasteiger partial charge in [0, 0.05) is 10.6 Å². The maximum absolute atomic E-state index is 12.2. The maximum Gasteiger partial charge on any atom is 0.115 e. The Labute approximate surface area is 109 Å². The van der Waals surface area contributed by atoms with Gasteiger partial charge in [-0.05, 0) is 48.4 Å². The van der Waals surface area contributed by atoms with E-state index in [2.05, 4.69) is 0 Å². The number of phenolic OH excluding ortho intramolecular Hbond substituents is 1. The van der Waals surface area contributed by atoms with Crippen LogP contribution in [0.15, 0.2) is 47.4 Å². The van der Waals surface area contributed by atoms with Crippen LogP contribution in [0.3, 0.4) is 0 Å². The molecule has 0 fully saturated rings. The van der Waals surface area contributed by atoms with Crippen molar-refractivity contribution in [3.8, 4) is 5.75 Å². The van der Waals surface area contributed by atoms with Gasteiger partial charge in [0.15, 0.2) is 0 Å². The molecule has 0 aliphatic heterocycles. The lowest BCUT2D eigenvalue weighted by Gasteiger charge is -2.06.